The van der Waals surface area contributed by atoms with Crippen LogP contribution in [-0.4, -0.2) is 36.9 Å². The number of nitrogens with one attached hydrogen (secondary N) is 1. The number of piperidine rings is 1. The van der Waals surface area contributed by atoms with Crippen LogP contribution >= 0.6 is 11.6 Å². The summed E-state index contributed by atoms with van der Waals surface area (Å²) in [5.41, 5.74) is 17.2. The van der Waals surface area contributed by atoms with Crippen molar-refractivity contribution in [2.45, 2.75) is 24.7 Å². The molecule has 1 spiro atoms. The normalized spacial score (nSPS) is 17.4. The largest absolute Gasteiger partial charge is 0.399 e. The van der Waals surface area contributed by atoms with E-state index in [9.17, 15) is 0 Å². The molecule has 6 heteroatoms. The van der Waals surface area contributed by atoms with Gasteiger partial charge in [0.25, 0.3) is 0 Å². The van der Waals surface area contributed by atoms with Gasteiger partial charge in [-0.25, -0.2) is 0 Å². The van der Waals surface area contributed by atoms with Crippen molar-refractivity contribution in [3.63, 3.8) is 0 Å². The van der Waals surface area contributed by atoms with Crippen molar-refractivity contribution in [2.24, 2.45) is 5.73 Å². The van der Waals surface area contributed by atoms with E-state index in [4.69, 9.17) is 34.9 Å². The average Bonchev–Trinajstić information content (AvgIpc) is 2.70. The summed E-state index contributed by atoms with van der Waals surface area (Å²) in [6, 6.07) is 12.3. The lowest BCUT2D eigenvalue weighted by atomic mass is 9.65. The molecule has 5 N–H and O–H groups in total. The molecule has 2 aliphatic heterocycles. The fraction of sp³-hybridized carbons (Fsp3) is 0.348. The van der Waals surface area contributed by atoms with Gasteiger partial charge in [0, 0.05) is 53.6 Å². The van der Waals surface area contributed by atoms with Crippen LogP contribution in [0.1, 0.15) is 30.4 Å². The highest BCUT2D eigenvalue weighted by Crippen LogP contribution is 2.54. The number of halogens is 1. The van der Waals surface area contributed by atoms with Crippen LogP contribution < -0.4 is 16.4 Å². The first-order valence-electron chi connectivity index (χ1n) is 9.91. The van der Waals surface area contributed by atoms with Crippen LogP contribution in [0.3, 0.4) is 0 Å². The van der Waals surface area contributed by atoms with Crippen LogP contribution in [0, 0.1) is 17.8 Å². The van der Waals surface area contributed by atoms with Crippen molar-refractivity contribution >= 4 is 34.5 Å². The van der Waals surface area contributed by atoms with E-state index < -0.39 is 0 Å². The number of nitrogens with zero attached hydrogens (tertiary/aromatic N) is 2. The zero-order valence-corrected chi connectivity index (χ0v) is 17.2. The van der Waals surface area contributed by atoms with Crippen LogP contribution in [0.4, 0.5) is 17.1 Å². The van der Waals surface area contributed by atoms with Gasteiger partial charge in [-0.15, -0.1) is 6.42 Å². The molecule has 1 saturated heterocycles. The smallest absolute Gasteiger partial charge is 0.0923 e. The van der Waals surface area contributed by atoms with Crippen LogP contribution in [0.15, 0.2) is 36.4 Å². The number of benzene rings is 2. The Kier molecular flexibility index (Phi) is 5.16. The summed E-state index contributed by atoms with van der Waals surface area (Å²) in [6.07, 6.45) is 7.95. The van der Waals surface area contributed by atoms with Crippen molar-refractivity contribution in [3.05, 3.63) is 52.5 Å². The highest BCUT2D eigenvalue weighted by molar-refractivity contribution is 6.30. The summed E-state index contributed by atoms with van der Waals surface area (Å²) in [7, 11) is 0. The summed E-state index contributed by atoms with van der Waals surface area (Å²) in [5, 5.41) is 8.42. The Hall–Kier alpha value is -2.68. The Bertz CT molecular complexity index is 930. The van der Waals surface area contributed by atoms with E-state index in [2.05, 4.69) is 40.0 Å². The number of rotatable bonds is 4. The molecule has 4 rings (SSSR count). The van der Waals surface area contributed by atoms with Crippen molar-refractivity contribution in [2.75, 3.05) is 36.8 Å². The fourth-order valence-corrected chi connectivity index (χ4v) is 4.98. The second-order valence-corrected chi connectivity index (χ2v) is 8.36. The van der Waals surface area contributed by atoms with Crippen LogP contribution in [0.25, 0.3) is 0 Å². The number of terminal acetylenes is 1. The minimum absolute atomic E-state index is 0.150. The average molecular weight is 408 g/mol. The van der Waals surface area contributed by atoms with Gasteiger partial charge in [-0.05, 0) is 60.4 Å². The molecule has 2 heterocycles. The number of anilines is 3. The molecule has 150 valence electrons. The maximum Gasteiger partial charge on any atom is 0.0923 e. The third kappa shape index (κ3) is 3.43. The SMILES string of the molecule is C#CCN1CCC2(CC1)c1cc(N)ccc1N(CCC(=N)N)c1ccc(Cl)cc12. The Morgan fingerprint density at radius 2 is 1.79 bits per heavy atom. The van der Waals surface area contributed by atoms with Gasteiger partial charge in [-0.3, -0.25) is 10.3 Å². The maximum atomic E-state index is 7.69. The number of hydrogen-bond acceptors (Lipinski definition) is 4. The number of likely N-dealkylation sites (tertiary alicyclic amines) is 1. The van der Waals surface area contributed by atoms with Gasteiger partial charge >= 0.3 is 0 Å². The monoisotopic (exact) mass is 407 g/mol. The van der Waals surface area contributed by atoms with Crippen LogP contribution in [-0.2, 0) is 5.41 Å². The summed E-state index contributed by atoms with van der Waals surface area (Å²) in [5.74, 6) is 2.95. The molecule has 0 aliphatic carbocycles. The molecule has 2 aromatic rings. The number of hydrogen-bond donors (Lipinski definition) is 3. The molecular weight excluding hydrogens is 382 g/mol. The summed E-state index contributed by atoms with van der Waals surface area (Å²) >= 11 is 6.46. The van der Waals surface area contributed by atoms with Crippen molar-refractivity contribution in [1.29, 1.82) is 5.41 Å². The maximum absolute atomic E-state index is 7.69. The topological polar surface area (TPSA) is 82.4 Å². The highest BCUT2D eigenvalue weighted by atomic mass is 35.5. The lowest BCUT2D eigenvalue weighted by molar-refractivity contribution is 0.197. The first-order valence-corrected chi connectivity index (χ1v) is 10.3. The first kappa shape index (κ1) is 19.6. The van der Waals surface area contributed by atoms with E-state index in [-0.39, 0.29) is 11.3 Å². The van der Waals surface area contributed by atoms with Gasteiger partial charge < -0.3 is 16.4 Å². The van der Waals surface area contributed by atoms with E-state index in [1.807, 2.05) is 12.1 Å². The fourth-order valence-electron chi connectivity index (χ4n) is 4.81. The van der Waals surface area contributed by atoms with E-state index >= 15 is 0 Å². The Morgan fingerprint density at radius 1 is 1.14 bits per heavy atom. The van der Waals surface area contributed by atoms with Gasteiger partial charge in [0.2, 0.25) is 0 Å². The zero-order valence-electron chi connectivity index (χ0n) is 16.4. The molecule has 0 saturated carbocycles. The van der Waals surface area contributed by atoms with Crippen molar-refractivity contribution < 1.29 is 0 Å². The lowest BCUT2D eigenvalue weighted by Gasteiger charge is -2.49. The van der Waals surface area contributed by atoms with E-state index in [1.54, 1.807) is 0 Å². The molecule has 0 aromatic heterocycles. The molecule has 0 atom stereocenters. The van der Waals surface area contributed by atoms with Gasteiger partial charge in [0.1, 0.15) is 0 Å². The van der Waals surface area contributed by atoms with E-state index in [0.717, 1.165) is 48.0 Å². The second-order valence-electron chi connectivity index (χ2n) is 7.93. The number of fused-ring (bicyclic) bond motifs is 4. The molecule has 0 bridgehead atoms. The summed E-state index contributed by atoms with van der Waals surface area (Å²) < 4.78 is 0. The molecule has 0 unspecified atom stereocenters. The molecule has 0 radical (unpaired) electrons. The highest BCUT2D eigenvalue weighted by Gasteiger charge is 2.45. The summed E-state index contributed by atoms with van der Waals surface area (Å²) in [6.45, 7) is 3.17. The molecule has 5 nitrogen and oxygen atoms in total. The molecule has 0 amide bonds. The van der Waals surface area contributed by atoms with Crippen molar-refractivity contribution in [3.8, 4) is 12.3 Å². The Labute approximate surface area is 177 Å². The summed E-state index contributed by atoms with van der Waals surface area (Å²) in [4.78, 5) is 4.57. The molecule has 29 heavy (non-hydrogen) atoms. The number of nitrogen functional groups attached to an aromatic ring is 1. The van der Waals surface area contributed by atoms with Crippen molar-refractivity contribution in [1.82, 2.24) is 4.90 Å². The van der Waals surface area contributed by atoms with Gasteiger partial charge in [0.15, 0.2) is 0 Å². The number of nitrogens with two attached hydrogens (primary N) is 2. The van der Waals surface area contributed by atoms with Crippen LogP contribution in [0.5, 0.6) is 0 Å². The van der Waals surface area contributed by atoms with Gasteiger partial charge in [0.05, 0.1) is 12.4 Å². The van der Waals surface area contributed by atoms with E-state index in [0.29, 0.717) is 19.5 Å². The zero-order chi connectivity index (χ0) is 20.6. The molecule has 2 aliphatic rings. The molecule has 2 aromatic carbocycles. The molecular formula is C23H26ClN5. The Balaban J connectivity index is 1.86. The molecule has 1 fully saturated rings. The predicted octanol–water partition coefficient (Wildman–Crippen LogP) is 3.71. The lowest BCUT2D eigenvalue weighted by Crippen LogP contribution is -2.46. The van der Waals surface area contributed by atoms with Gasteiger partial charge in [-0.2, -0.15) is 0 Å². The second kappa shape index (κ2) is 7.62. The minimum Gasteiger partial charge on any atom is -0.399 e. The minimum atomic E-state index is -0.150. The predicted molar refractivity (Wildman–Crippen MR) is 121 cm³/mol. The Morgan fingerprint density at radius 3 is 2.45 bits per heavy atom. The third-order valence-electron chi connectivity index (χ3n) is 6.22. The quantitative estimate of drug-likeness (QED) is 0.312. The number of amidine groups is 1. The van der Waals surface area contributed by atoms with E-state index in [1.165, 1.54) is 11.1 Å². The van der Waals surface area contributed by atoms with Gasteiger partial charge in [-0.1, -0.05) is 17.5 Å². The third-order valence-corrected chi connectivity index (χ3v) is 6.46. The van der Waals surface area contributed by atoms with Crippen LogP contribution in [0.2, 0.25) is 5.02 Å². The first-order chi connectivity index (χ1) is 13.9. The standard InChI is InChI=1S/C23H26ClN5/c1-2-10-28-12-8-23(9-13-28)18-14-16(24)3-5-20(18)29(11-7-22(26)27)21-6-4-17(25)15-19(21)23/h1,3-6,14-15H,7-13,25H2,(H3,26,27).